The van der Waals surface area contributed by atoms with Gasteiger partial charge in [0.1, 0.15) is 11.9 Å². The molecule has 2 rings (SSSR count). The average Bonchev–Trinajstić information content (AvgIpc) is 2.59. The maximum atomic E-state index is 13.2. The molecule has 0 aliphatic heterocycles. The molecule has 0 heterocycles. The highest BCUT2D eigenvalue weighted by atomic mass is 19.4. The fourth-order valence-electron chi connectivity index (χ4n) is 2.65. The minimum atomic E-state index is -5.08. The number of aliphatic carboxylic acids is 1. The summed E-state index contributed by atoms with van der Waals surface area (Å²) in [5.41, 5.74) is -3.55. The molecule has 0 radical (unpaired) electrons. The third kappa shape index (κ3) is 6.46. The van der Waals surface area contributed by atoms with Crippen LogP contribution in [0, 0.1) is 5.82 Å². The minimum Gasteiger partial charge on any atom is -0.480 e. The molecule has 0 fully saturated rings. The van der Waals surface area contributed by atoms with Gasteiger partial charge in [-0.1, -0.05) is 12.1 Å². The number of hydrogen-bond acceptors (Lipinski definition) is 2. The van der Waals surface area contributed by atoms with E-state index >= 15 is 0 Å². The van der Waals surface area contributed by atoms with E-state index in [1.807, 2.05) is 5.32 Å². The zero-order chi connectivity index (χ0) is 22.7. The van der Waals surface area contributed by atoms with E-state index in [-0.39, 0.29) is 18.1 Å². The summed E-state index contributed by atoms with van der Waals surface area (Å²) in [6.45, 7) is 0. The third-order valence-electron chi connectivity index (χ3n) is 3.97. The predicted octanol–water partition coefficient (Wildman–Crippen LogP) is 4.22. The van der Waals surface area contributed by atoms with Crippen LogP contribution in [-0.2, 0) is 34.8 Å². The van der Waals surface area contributed by atoms with E-state index in [9.17, 15) is 45.4 Å². The number of amides is 1. The summed E-state index contributed by atoms with van der Waals surface area (Å²) in [6.07, 6.45) is -11.4. The molecule has 0 unspecified atom stereocenters. The van der Waals surface area contributed by atoms with Crippen molar-refractivity contribution >= 4 is 11.9 Å². The maximum Gasteiger partial charge on any atom is 0.416 e. The summed E-state index contributed by atoms with van der Waals surface area (Å²) in [5, 5.41) is 11.2. The van der Waals surface area contributed by atoms with Crippen LogP contribution in [0.2, 0.25) is 0 Å². The first-order valence-corrected chi connectivity index (χ1v) is 8.30. The lowest BCUT2D eigenvalue weighted by atomic mass is 10.0. The quantitative estimate of drug-likeness (QED) is 0.666. The van der Waals surface area contributed by atoms with Crippen LogP contribution in [0.3, 0.4) is 0 Å². The first-order valence-electron chi connectivity index (χ1n) is 8.30. The molecule has 0 aliphatic carbocycles. The van der Waals surface area contributed by atoms with Crippen molar-refractivity contribution < 1.29 is 45.4 Å². The van der Waals surface area contributed by atoms with Gasteiger partial charge in [-0.2, -0.15) is 26.3 Å². The van der Waals surface area contributed by atoms with Gasteiger partial charge in [-0.25, -0.2) is 9.18 Å². The van der Waals surface area contributed by atoms with E-state index in [2.05, 4.69) is 0 Å². The van der Waals surface area contributed by atoms with Crippen molar-refractivity contribution in [2.75, 3.05) is 0 Å². The maximum absolute atomic E-state index is 13.2. The molecule has 0 bridgehead atoms. The zero-order valence-electron chi connectivity index (χ0n) is 14.9. The molecule has 0 saturated heterocycles. The average molecular weight is 437 g/mol. The summed E-state index contributed by atoms with van der Waals surface area (Å²) < 4.78 is 90.5. The lowest BCUT2D eigenvalue weighted by Crippen LogP contribution is -2.43. The monoisotopic (exact) mass is 437 g/mol. The standard InChI is InChI=1S/C19H14F7NO3/c20-14-3-1-2-10(6-14)7-15(17(29)30)27-16(28)8-11-4-12(18(21,22)23)9-13(5-11)19(24,25)26/h1-6,9,15H,7-8H2,(H,27,28)(H,29,30)/t15-/m0/s1. The van der Waals surface area contributed by atoms with E-state index in [4.69, 9.17) is 0 Å². The van der Waals surface area contributed by atoms with Gasteiger partial charge in [-0.05, 0) is 41.5 Å². The number of carbonyl (C=O) groups excluding carboxylic acids is 1. The number of halogens is 7. The number of carbonyl (C=O) groups is 2. The Kier molecular flexibility index (Phi) is 6.73. The van der Waals surface area contributed by atoms with E-state index in [1.54, 1.807) is 0 Å². The Balaban J connectivity index is 2.21. The highest BCUT2D eigenvalue weighted by Crippen LogP contribution is 2.36. The van der Waals surface area contributed by atoms with Gasteiger partial charge < -0.3 is 10.4 Å². The molecule has 0 aliphatic rings. The molecule has 2 N–H and O–H groups in total. The van der Waals surface area contributed by atoms with Crippen LogP contribution in [0.15, 0.2) is 42.5 Å². The normalized spacial score (nSPS) is 13.0. The number of benzene rings is 2. The van der Waals surface area contributed by atoms with E-state index in [1.165, 1.54) is 12.1 Å². The largest absolute Gasteiger partial charge is 0.480 e. The number of nitrogens with one attached hydrogen (secondary N) is 1. The van der Waals surface area contributed by atoms with Gasteiger partial charge in [0.05, 0.1) is 17.5 Å². The number of carboxylic acid groups (broad SMARTS) is 1. The molecule has 0 saturated carbocycles. The second-order valence-corrected chi connectivity index (χ2v) is 6.38. The molecule has 162 valence electrons. The van der Waals surface area contributed by atoms with Crippen molar-refractivity contribution in [1.82, 2.24) is 5.32 Å². The summed E-state index contributed by atoms with van der Waals surface area (Å²) in [4.78, 5) is 23.4. The third-order valence-corrected chi connectivity index (χ3v) is 3.97. The topological polar surface area (TPSA) is 66.4 Å². The molecule has 1 atom stereocenters. The van der Waals surface area contributed by atoms with Gasteiger partial charge in [0.15, 0.2) is 0 Å². The van der Waals surface area contributed by atoms with Crippen molar-refractivity contribution in [3.63, 3.8) is 0 Å². The fourth-order valence-corrected chi connectivity index (χ4v) is 2.65. The Morgan fingerprint density at radius 1 is 0.900 bits per heavy atom. The Bertz CT molecular complexity index is 906. The van der Waals surface area contributed by atoms with E-state index < -0.39 is 59.2 Å². The van der Waals surface area contributed by atoms with Gasteiger partial charge >= 0.3 is 18.3 Å². The fraction of sp³-hybridized carbons (Fsp3) is 0.263. The van der Waals surface area contributed by atoms with E-state index in [0.717, 1.165) is 12.1 Å². The molecule has 1 amide bonds. The van der Waals surface area contributed by atoms with Crippen LogP contribution >= 0.6 is 0 Å². The molecule has 4 nitrogen and oxygen atoms in total. The highest BCUT2D eigenvalue weighted by Gasteiger charge is 2.37. The SMILES string of the molecule is O=C(Cc1cc(C(F)(F)F)cc(C(F)(F)F)c1)N[C@@H](Cc1cccc(F)c1)C(=O)O. The molecule has 2 aromatic rings. The number of carboxylic acids is 1. The summed E-state index contributed by atoms with van der Waals surface area (Å²) in [7, 11) is 0. The van der Waals surface area contributed by atoms with E-state index in [0.29, 0.717) is 12.1 Å². The predicted molar refractivity (Wildman–Crippen MR) is 89.8 cm³/mol. The Hall–Kier alpha value is -3.11. The lowest BCUT2D eigenvalue weighted by molar-refractivity contribution is -0.143. The molecule has 0 aromatic heterocycles. The Morgan fingerprint density at radius 2 is 1.47 bits per heavy atom. The second-order valence-electron chi connectivity index (χ2n) is 6.38. The Morgan fingerprint density at radius 3 is 1.93 bits per heavy atom. The van der Waals surface area contributed by atoms with Crippen molar-refractivity contribution in [2.24, 2.45) is 0 Å². The number of rotatable bonds is 6. The number of hydrogen-bond donors (Lipinski definition) is 2. The van der Waals surface area contributed by atoms with Crippen LogP contribution in [-0.4, -0.2) is 23.0 Å². The van der Waals surface area contributed by atoms with Crippen LogP contribution < -0.4 is 5.32 Å². The molecule has 0 spiro atoms. The highest BCUT2D eigenvalue weighted by molar-refractivity contribution is 5.85. The molecular weight excluding hydrogens is 423 g/mol. The van der Waals surface area contributed by atoms with Gasteiger partial charge in [0, 0.05) is 6.42 Å². The summed E-state index contributed by atoms with van der Waals surface area (Å²) in [6, 6.07) is 3.99. The van der Waals surface area contributed by atoms with Crippen molar-refractivity contribution in [2.45, 2.75) is 31.2 Å². The zero-order valence-corrected chi connectivity index (χ0v) is 14.9. The van der Waals surface area contributed by atoms with Gasteiger partial charge in [0.25, 0.3) is 0 Å². The first-order chi connectivity index (χ1) is 13.8. The van der Waals surface area contributed by atoms with Crippen LogP contribution in [0.25, 0.3) is 0 Å². The van der Waals surface area contributed by atoms with Gasteiger partial charge in [-0.3, -0.25) is 4.79 Å². The van der Waals surface area contributed by atoms with Crippen molar-refractivity contribution in [3.8, 4) is 0 Å². The molecule has 30 heavy (non-hydrogen) atoms. The van der Waals surface area contributed by atoms with Crippen LogP contribution in [0.5, 0.6) is 0 Å². The molecule has 11 heteroatoms. The smallest absolute Gasteiger partial charge is 0.416 e. The summed E-state index contributed by atoms with van der Waals surface area (Å²) in [5.74, 6) is -3.26. The van der Waals surface area contributed by atoms with Crippen LogP contribution in [0.1, 0.15) is 22.3 Å². The first kappa shape index (κ1) is 23.2. The minimum absolute atomic E-state index is 0.0780. The lowest BCUT2D eigenvalue weighted by Gasteiger charge is -2.16. The second kappa shape index (κ2) is 8.72. The van der Waals surface area contributed by atoms with Gasteiger partial charge in [-0.15, -0.1) is 0 Å². The van der Waals surface area contributed by atoms with Crippen molar-refractivity contribution in [3.05, 3.63) is 70.5 Å². The molecular formula is C19H14F7NO3. The summed E-state index contributed by atoms with van der Waals surface area (Å²) >= 11 is 0. The number of alkyl halides is 6. The Labute approximate surface area is 165 Å². The van der Waals surface area contributed by atoms with Gasteiger partial charge in [0.2, 0.25) is 5.91 Å². The molecule has 2 aromatic carbocycles. The van der Waals surface area contributed by atoms with Crippen molar-refractivity contribution in [1.29, 1.82) is 0 Å². The van der Waals surface area contributed by atoms with Crippen LogP contribution in [0.4, 0.5) is 30.7 Å².